The van der Waals surface area contributed by atoms with Crippen LogP contribution in [0.4, 0.5) is 0 Å². The van der Waals surface area contributed by atoms with E-state index < -0.39 is 0 Å². The summed E-state index contributed by atoms with van der Waals surface area (Å²) in [7, 11) is 0. The molecule has 7 heteroatoms. The first-order chi connectivity index (χ1) is 15.2. The molecule has 5 rings (SSSR count). The smallest absolute Gasteiger partial charge is 0.259 e. The molecule has 0 atom stereocenters. The van der Waals surface area contributed by atoms with Gasteiger partial charge in [0.2, 0.25) is 0 Å². The van der Waals surface area contributed by atoms with E-state index in [0.29, 0.717) is 11.1 Å². The molecule has 0 radical (unpaired) electrons. The molecule has 2 N–H and O–H groups in total. The first kappa shape index (κ1) is 19.8. The Morgan fingerprint density at radius 2 is 1.71 bits per heavy atom. The molecule has 0 bridgehead atoms. The van der Waals surface area contributed by atoms with E-state index >= 15 is 0 Å². The standard InChI is InChI=1S/C24H26N4O3/c29-23-21(17-7-8-25-15-17)22(24(30)26-23)19-16-28(20-6-2-1-5-18(19)20)10-4-3-9-27-11-13-31-14-12-27/h1-2,5-8,15-16,25H,3-4,9-14H2,(H,26,29,30). The lowest BCUT2D eigenvalue weighted by molar-refractivity contribution is -0.122. The number of amides is 2. The normalized spacial score (nSPS) is 17.7. The molecule has 2 aromatic heterocycles. The van der Waals surface area contributed by atoms with Crippen molar-refractivity contribution in [1.82, 2.24) is 19.8 Å². The van der Waals surface area contributed by atoms with E-state index in [0.717, 1.165) is 74.3 Å². The average Bonchev–Trinajstić information content (AvgIpc) is 3.50. The maximum Gasteiger partial charge on any atom is 0.259 e. The molecule has 1 aromatic carbocycles. The van der Waals surface area contributed by atoms with Gasteiger partial charge in [-0.25, -0.2) is 0 Å². The second-order valence-electron chi connectivity index (χ2n) is 8.05. The Labute approximate surface area is 180 Å². The van der Waals surface area contributed by atoms with Gasteiger partial charge in [0.1, 0.15) is 0 Å². The number of ether oxygens (including phenoxy) is 1. The van der Waals surface area contributed by atoms with E-state index in [4.69, 9.17) is 4.74 Å². The molecule has 4 heterocycles. The van der Waals surface area contributed by atoms with Crippen molar-refractivity contribution in [2.75, 3.05) is 32.8 Å². The van der Waals surface area contributed by atoms with Crippen molar-refractivity contribution in [3.8, 4) is 0 Å². The number of carbonyl (C=O) groups excluding carboxylic acids is 2. The van der Waals surface area contributed by atoms with Gasteiger partial charge in [-0.1, -0.05) is 18.2 Å². The summed E-state index contributed by atoms with van der Waals surface area (Å²) in [6, 6.07) is 9.90. The molecule has 0 saturated carbocycles. The molecule has 1 saturated heterocycles. The molecular weight excluding hydrogens is 392 g/mol. The Morgan fingerprint density at radius 1 is 0.935 bits per heavy atom. The maximum absolute atomic E-state index is 12.8. The SMILES string of the molecule is O=C1NC(=O)C(c2cn(CCCCN3CCOCC3)c3ccccc23)=C1c1cc[nH]c1. The minimum atomic E-state index is -0.345. The van der Waals surface area contributed by atoms with Gasteiger partial charge in [-0.3, -0.25) is 19.8 Å². The number of fused-ring (bicyclic) bond motifs is 1. The second-order valence-corrected chi connectivity index (χ2v) is 8.05. The number of aromatic amines is 1. The molecule has 1 fully saturated rings. The zero-order chi connectivity index (χ0) is 21.2. The van der Waals surface area contributed by atoms with Crippen molar-refractivity contribution in [2.24, 2.45) is 0 Å². The Hall–Kier alpha value is -3.16. The summed E-state index contributed by atoms with van der Waals surface area (Å²) in [6.07, 6.45) is 7.69. The monoisotopic (exact) mass is 418 g/mol. The number of unbranched alkanes of at least 4 members (excludes halogenated alkanes) is 1. The lowest BCUT2D eigenvalue weighted by Crippen LogP contribution is -2.36. The highest BCUT2D eigenvalue weighted by Crippen LogP contribution is 2.36. The third kappa shape index (κ3) is 3.82. The van der Waals surface area contributed by atoms with Crippen molar-refractivity contribution in [2.45, 2.75) is 19.4 Å². The van der Waals surface area contributed by atoms with Crippen molar-refractivity contribution in [3.63, 3.8) is 0 Å². The Balaban J connectivity index is 1.43. The number of aromatic nitrogens is 2. The number of imide groups is 1. The summed E-state index contributed by atoms with van der Waals surface area (Å²) in [6.45, 7) is 5.61. The minimum absolute atomic E-state index is 0.337. The van der Waals surface area contributed by atoms with Crippen molar-refractivity contribution in [1.29, 1.82) is 0 Å². The molecule has 0 spiro atoms. The van der Waals surface area contributed by atoms with Crippen LogP contribution in [0.5, 0.6) is 0 Å². The van der Waals surface area contributed by atoms with Crippen molar-refractivity contribution in [3.05, 3.63) is 60.0 Å². The van der Waals surface area contributed by atoms with Crippen LogP contribution in [0.1, 0.15) is 24.0 Å². The number of morpholine rings is 1. The number of carbonyl (C=O) groups is 2. The lowest BCUT2D eigenvalue weighted by atomic mass is 9.97. The predicted molar refractivity (Wildman–Crippen MR) is 119 cm³/mol. The topological polar surface area (TPSA) is 79.4 Å². The number of rotatable bonds is 7. The Bertz CT molecular complexity index is 1140. The number of benzene rings is 1. The highest BCUT2D eigenvalue weighted by molar-refractivity contribution is 6.50. The first-order valence-corrected chi connectivity index (χ1v) is 10.8. The van der Waals surface area contributed by atoms with E-state index in [1.165, 1.54) is 0 Å². The minimum Gasteiger partial charge on any atom is -0.379 e. The van der Waals surface area contributed by atoms with Crippen molar-refractivity contribution < 1.29 is 14.3 Å². The quantitative estimate of drug-likeness (QED) is 0.457. The van der Waals surface area contributed by atoms with Crippen LogP contribution in [0.25, 0.3) is 22.0 Å². The van der Waals surface area contributed by atoms with E-state index in [-0.39, 0.29) is 11.8 Å². The van der Waals surface area contributed by atoms with Gasteiger partial charge in [0, 0.05) is 60.3 Å². The van der Waals surface area contributed by atoms with E-state index in [1.807, 2.05) is 30.5 Å². The van der Waals surface area contributed by atoms with Gasteiger partial charge in [0.05, 0.1) is 24.4 Å². The van der Waals surface area contributed by atoms with Gasteiger partial charge in [-0.15, -0.1) is 0 Å². The van der Waals surface area contributed by atoms with Gasteiger partial charge >= 0.3 is 0 Å². The van der Waals surface area contributed by atoms with Crippen LogP contribution in [-0.4, -0.2) is 59.1 Å². The van der Waals surface area contributed by atoms with Crippen molar-refractivity contribution >= 4 is 33.9 Å². The van der Waals surface area contributed by atoms with Crippen LogP contribution in [0, 0.1) is 0 Å². The summed E-state index contributed by atoms with van der Waals surface area (Å²) in [5.74, 6) is -0.682. The zero-order valence-electron chi connectivity index (χ0n) is 17.4. The molecule has 3 aromatic rings. The highest BCUT2D eigenvalue weighted by Gasteiger charge is 2.34. The molecular formula is C24H26N4O3. The van der Waals surface area contributed by atoms with Gasteiger partial charge in [0.15, 0.2) is 0 Å². The number of nitrogens with one attached hydrogen (secondary N) is 2. The number of hydrogen-bond donors (Lipinski definition) is 2. The Kier molecular flexibility index (Phi) is 5.44. The molecule has 0 unspecified atom stereocenters. The van der Waals surface area contributed by atoms with Crippen LogP contribution >= 0.6 is 0 Å². The average molecular weight is 418 g/mol. The van der Waals surface area contributed by atoms with Crippen LogP contribution in [-0.2, 0) is 20.9 Å². The molecule has 2 amide bonds. The third-order valence-corrected chi connectivity index (χ3v) is 6.10. The van der Waals surface area contributed by atoms with Gasteiger partial charge in [0.25, 0.3) is 11.8 Å². The number of H-pyrrole nitrogens is 1. The van der Waals surface area contributed by atoms with Gasteiger partial charge < -0.3 is 14.3 Å². The first-order valence-electron chi connectivity index (χ1n) is 10.8. The zero-order valence-corrected chi connectivity index (χ0v) is 17.4. The van der Waals surface area contributed by atoms with E-state index in [1.54, 1.807) is 12.4 Å². The Morgan fingerprint density at radius 3 is 2.52 bits per heavy atom. The molecule has 7 nitrogen and oxygen atoms in total. The molecule has 0 aliphatic carbocycles. The second kappa shape index (κ2) is 8.53. The van der Waals surface area contributed by atoms with Crippen LogP contribution < -0.4 is 5.32 Å². The van der Waals surface area contributed by atoms with Gasteiger partial charge in [-0.2, -0.15) is 0 Å². The number of nitrogens with zero attached hydrogens (tertiary/aromatic N) is 2. The fourth-order valence-electron chi connectivity index (χ4n) is 4.54. The summed E-state index contributed by atoms with van der Waals surface area (Å²) in [5.41, 5.74) is 3.50. The lowest BCUT2D eigenvalue weighted by Gasteiger charge is -2.26. The molecule has 31 heavy (non-hydrogen) atoms. The molecule has 160 valence electrons. The van der Waals surface area contributed by atoms with E-state index in [2.05, 4.69) is 25.8 Å². The molecule has 2 aliphatic heterocycles. The van der Waals surface area contributed by atoms with Gasteiger partial charge in [-0.05, 0) is 31.5 Å². The summed E-state index contributed by atoms with van der Waals surface area (Å²) >= 11 is 0. The maximum atomic E-state index is 12.8. The largest absolute Gasteiger partial charge is 0.379 e. The van der Waals surface area contributed by atoms with Crippen LogP contribution in [0.15, 0.2) is 48.9 Å². The van der Waals surface area contributed by atoms with Crippen LogP contribution in [0.3, 0.4) is 0 Å². The fraction of sp³-hybridized carbons (Fsp3) is 0.333. The molecule has 2 aliphatic rings. The highest BCUT2D eigenvalue weighted by atomic mass is 16.5. The van der Waals surface area contributed by atoms with E-state index in [9.17, 15) is 9.59 Å². The summed E-state index contributed by atoms with van der Waals surface area (Å²) in [4.78, 5) is 30.7. The number of hydrogen-bond acceptors (Lipinski definition) is 4. The van der Waals surface area contributed by atoms with Crippen LogP contribution in [0.2, 0.25) is 0 Å². The summed E-state index contributed by atoms with van der Waals surface area (Å²) in [5, 5.41) is 3.46. The summed E-state index contributed by atoms with van der Waals surface area (Å²) < 4.78 is 7.63. The third-order valence-electron chi connectivity index (χ3n) is 6.10. The fourth-order valence-corrected chi connectivity index (χ4v) is 4.54. The number of aryl methyl sites for hydroxylation is 1. The number of para-hydroxylation sites is 1. The predicted octanol–water partition coefficient (Wildman–Crippen LogP) is 2.65.